The van der Waals surface area contributed by atoms with E-state index in [-0.39, 0.29) is 17.9 Å². The Morgan fingerprint density at radius 2 is 1.70 bits per heavy atom. The van der Waals surface area contributed by atoms with Gasteiger partial charge in [0.05, 0.1) is 29.3 Å². The SMILES string of the molecule is O=C(COC(=O)CCN1c2ccccc2Sc2ccccc21)NC1CCS(=O)(=O)C1. The van der Waals surface area contributed by atoms with Gasteiger partial charge < -0.3 is 15.0 Å². The highest BCUT2D eigenvalue weighted by Crippen LogP contribution is 2.47. The van der Waals surface area contributed by atoms with Crippen molar-refractivity contribution in [2.24, 2.45) is 0 Å². The molecule has 2 aliphatic rings. The van der Waals surface area contributed by atoms with Crippen molar-refractivity contribution < 1.29 is 22.7 Å². The average molecular weight is 447 g/mol. The van der Waals surface area contributed by atoms with E-state index in [2.05, 4.69) is 22.3 Å². The van der Waals surface area contributed by atoms with Crippen molar-refractivity contribution in [3.8, 4) is 0 Å². The number of hydrogen-bond donors (Lipinski definition) is 1. The molecule has 1 N–H and O–H groups in total. The van der Waals surface area contributed by atoms with Crippen molar-refractivity contribution in [1.82, 2.24) is 5.32 Å². The van der Waals surface area contributed by atoms with Crippen LogP contribution in [0.2, 0.25) is 0 Å². The molecule has 2 aromatic rings. The van der Waals surface area contributed by atoms with Crippen molar-refractivity contribution in [3.05, 3.63) is 48.5 Å². The van der Waals surface area contributed by atoms with Gasteiger partial charge in [-0.25, -0.2) is 8.42 Å². The molecule has 9 heteroatoms. The van der Waals surface area contributed by atoms with Gasteiger partial charge in [-0.2, -0.15) is 0 Å². The molecule has 1 unspecified atom stereocenters. The van der Waals surface area contributed by atoms with Gasteiger partial charge in [0.15, 0.2) is 16.4 Å². The fourth-order valence-corrected chi connectivity index (χ4v) is 6.39. The summed E-state index contributed by atoms with van der Waals surface area (Å²) in [5.41, 5.74) is 2.07. The first-order chi connectivity index (χ1) is 14.4. The summed E-state index contributed by atoms with van der Waals surface area (Å²) in [5, 5.41) is 2.61. The zero-order valence-corrected chi connectivity index (χ0v) is 17.9. The lowest BCUT2D eigenvalue weighted by atomic mass is 10.2. The molecule has 0 bridgehead atoms. The molecule has 1 saturated heterocycles. The van der Waals surface area contributed by atoms with Gasteiger partial charge in [-0.1, -0.05) is 36.0 Å². The normalized spacial score (nSPS) is 18.9. The number of hydrogen-bond acceptors (Lipinski definition) is 7. The molecule has 1 atom stereocenters. The number of carbonyl (C=O) groups is 2. The van der Waals surface area contributed by atoms with E-state index in [1.165, 1.54) is 0 Å². The summed E-state index contributed by atoms with van der Waals surface area (Å²) in [5.74, 6) is -0.930. The largest absolute Gasteiger partial charge is 0.456 e. The molecule has 158 valence electrons. The maximum absolute atomic E-state index is 12.2. The molecule has 0 spiro atoms. The Bertz CT molecular complexity index is 1030. The Morgan fingerprint density at radius 1 is 1.07 bits per heavy atom. The highest BCUT2D eigenvalue weighted by Gasteiger charge is 2.29. The maximum atomic E-state index is 12.2. The number of para-hydroxylation sites is 2. The van der Waals surface area contributed by atoms with Crippen LogP contribution in [0.1, 0.15) is 12.8 Å². The van der Waals surface area contributed by atoms with Gasteiger partial charge >= 0.3 is 5.97 Å². The zero-order valence-electron chi connectivity index (χ0n) is 16.2. The lowest BCUT2D eigenvalue weighted by Crippen LogP contribution is -2.38. The predicted molar refractivity (Wildman–Crippen MR) is 115 cm³/mol. The van der Waals surface area contributed by atoms with Crippen LogP contribution in [-0.2, 0) is 24.2 Å². The number of carbonyl (C=O) groups excluding carboxylic acids is 2. The zero-order chi connectivity index (χ0) is 21.1. The predicted octanol–water partition coefficient (Wildman–Crippen LogP) is 2.53. The minimum absolute atomic E-state index is 0.0571. The van der Waals surface area contributed by atoms with Crippen LogP contribution in [-0.4, -0.2) is 51.0 Å². The van der Waals surface area contributed by atoms with Crippen molar-refractivity contribution in [3.63, 3.8) is 0 Å². The number of fused-ring (bicyclic) bond motifs is 2. The number of nitrogens with one attached hydrogen (secondary N) is 1. The molecule has 4 rings (SSSR count). The van der Waals surface area contributed by atoms with Crippen molar-refractivity contribution >= 4 is 44.9 Å². The standard InChI is InChI=1S/C21H22N2O5S2/c24-20(22-15-10-12-30(26,27)14-15)13-28-21(25)9-11-23-16-5-1-3-7-18(16)29-19-8-4-2-6-17(19)23/h1-8,15H,9-14H2,(H,22,24). The van der Waals surface area contributed by atoms with E-state index in [0.29, 0.717) is 13.0 Å². The monoisotopic (exact) mass is 446 g/mol. The van der Waals surface area contributed by atoms with Gasteiger partial charge in [-0.3, -0.25) is 9.59 Å². The maximum Gasteiger partial charge on any atom is 0.308 e. The number of nitrogens with zero attached hydrogens (tertiary/aromatic N) is 1. The summed E-state index contributed by atoms with van der Waals surface area (Å²) in [7, 11) is -3.07. The van der Waals surface area contributed by atoms with Crippen LogP contribution in [0.25, 0.3) is 0 Å². The third-order valence-electron chi connectivity index (χ3n) is 5.03. The Morgan fingerprint density at radius 3 is 2.30 bits per heavy atom. The summed E-state index contributed by atoms with van der Waals surface area (Å²) >= 11 is 1.70. The van der Waals surface area contributed by atoms with Gasteiger partial charge in [0.2, 0.25) is 0 Å². The minimum atomic E-state index is -3.07. The fourth-order valence-electron chi connectivity index (χ4n) is 3.62. The number of ether oxygens (including phenoxy) is 1. The lowest BCUT2D eigenvalue weighted by molar-refractivity contribution is -0.148. The van der Waals surface area contributed by atoms with Gasteiger partial charge in [0.1, 0.15) is 0 Å². The van der Waals surface area contributed by atoms with Crippen LogP contribution in [0.4, 0.5) is 11.4 Å². The van der Waals surface area contributed by atoms with E-state index < -0.39 is 34.4 Å². The van der Waals surface area contributed by atoms with Gasteiger partial charge in [0.25, 0.3) is 5.91 Å². The van der Waals surface area contributed by atoms with E-state index in [1.807, 2.05) is 36.4 Å². The van der Waals surface area contributed by atoms with Gasteiger partial charge in [0, 0.05) is 22.4 Å². The van der Waals surface area contributed by atoms with E-state index in [0.717, 1.165) is 21.2 Å². The van der Waals surface area contributed by atoms with Crippen LogP contribution >= 0.6 is 11.8 Å². The molecule has 1 amide bonds. The Labute approximate surface area is 179 Å². The molecule has 30 heavy (non-hydrogen) atoms. The number of anilines is 2. The molecule has 0 aromatic heterocycles. The summed E-state index contributed by atoms with van der Waals surface area (Å²) in [6.45, 7) is 0.0221. The van der Waals surface area contributed by atoms with Gasteiger partial charge in [-0.15, -0.1) is 0 Å². The van der Waals surface area contributed by atoms with Crippen LogP contribution in [0.3, 0.4) is 0 Å². The van der Waals surface area contributed by atoms with Crippen LogP contribution < -0.4 is 10.2 Å². The van der Waals surface area contributed by atoms with Crippen molar-refractivity contribution in [2.75, 3.05) is 29.6 Å². The van der Waals surface area contributed by atoms with Gasteiger partial charge in [-0.05, 0) is 30.7 Å². The third kappa shape index (κ3) is 4.79. The number of benzene rings is 2. The second-order valence-corrected chi connectivity index (χ2v) is 10.6. The number of esters is 1. The Hall–Kier alpha value is -2.52. The summed E-state index contributed by atoms with van der Waals surface area (Å²) in [6.07, 6.45) is 0.520. The summed E-state index contributed by atoms with van der Waals surface area (Å²) in [6, 6.07) is 15.6. The first-order valence-corrected chi connectivity index (χ1v) is 12.3. The summed E-state index contributed by atoms with van der Waals surface area (Å²) in [4.78, 5) is 28.5. The molecule has 2 heterocycles. The highest BCUT2D eigenvalue weighted by molar-refractivity contribution is 7.99. The molecular weight excluding hydrogens is 424 g/mol. The molecule has 2 aliphatic heterocycles. The first-order valence-electron chi connectivity index (χ1n) is 9.70. The second-order valence-electron chi connectivity index (χ2n) is 7.27. The smallest absolute Gasteiger partial charge is 0.308 e. The van der Waals surface area contributed by atoms with Crippen LogP contribution in [0, 0.1) is 0 Å². The first kappa shape index (κ1) is 20.7. The molecule has 0 saturated carbocycles. The van der Waals surface area contributed by atoms with Crippen LogP contribution in [0.15, 0.2) is 58.3 Å². The number of sulfone groups is 1. The Kier molecular flexibility index (Phi) is 6.01. The van der Waals surface area contributed by atoms with Crippen LogP contribution in [0.5, 0.6) is 0 Å². The second kappa shape index (κ2) is 8.69. The van der Waals surface area contributed by atoms with Crippen molar-refractivity contribution in [2.45, 2.75) is 28.7 Å². The fraction of sp³-hybridized carbons (Fsp3) is 0.333. The van der Waals surface area contributed by atoms with E-state index >= 15 is 0 Å². The lowest BCUT2D eigenvalue weighted by Gasteiger charge is -2.32. The molecule has 2 aromatic carbocycles. The van der Waals surface area contributed by atoms with E-state index in [4.69, 9.17) is 4.74 Å². The number of rotatable bonds is 6. The third-order valence-corrected chi connectivity index (χ3v) is 7.93. The summed E-state index contributed by atoms with van der Waals surface area (Å²) < 4.78 is 28.0. The highest BCUT2D eigenvalue weighted by atomic mass is 32.2. The average Bonchev–Trinajstić information content (AvgIpc) is 3.07. The molecule has 7 nitrogen and oxygen atoms in total. The Balaban J connectivity index is 1.32. The van der Waals surface area contributed by atoms with Crippen molar-refractivity contribution in [1.29, 1.82) is 0 Å². The van der Waals surface area contributed by atoms with E-state index in [1.54, 1.807) is 11.8 Å². The molecule has 0 aliphatic carbocycles. The molecular formula is C21H22N2O5S2. The quantitative estimate of drug-likeness (QED) is 0.682. The van der Waals surface area contributed by atoms with E-state index in [9.17, 15) is 18.0 Å². The minimum Gasteiger partial charge on any atom is -0.456 e. The molecule has 1 fully saturated rings. The molecule has 0 radical (unpaired) electrons. The topological polar surface area (TPSA) is 92.8 Å². The number of amides is 1.